The van der Waals surface area contributed by atoms with Crippen molar-refractivity contribution in [2.24, 2.45) is 17.3 Å². The number of hydrogen-bond donors (Lipinski definition) is 0. The molecule has 2 aliphatic rings. The number of carbonyl (C=O) groups excluding carboxylic acids is 1. The molecule has 2 fully saturated rings. The Labute approximate surface area is 98.1 Å². The monoisotopic (exact) mass is 225 g/mol. The Morgan fingerprint density at radius 2 is 2.06 bits per heavy atom. The highest BCUT2D eigenvalue weighted by atomic mass is 16.6. The smallest absolute Gasteiger partial charge is 0.410 e. The highest BCUT2D eigenvalue weighted by Gasteiger charge is 2.62. The molecule has 0 radical (unpaired) electrons. The summed E-state index contributed by atoms with van der Waals surface area (Å²) < 4.78 is 5.40. The lowest BCUT2D eigenvalue weighted by Crippen LogP contribution is -2.37. The average Bonchev–Trinajstić information content (AvgIpc) is 2.67. The molecule has 3 nitrogen and oxygen atoms in total. The van der Waals surface area contributed by atoms with E-state index >= 15 is 0 Å². The molecule has 1 aliphatic carbocycles. The topological polar surface area (TPSA) is 29.5 Å². The van der Waals surface area contributed by atoms with Crippen LogP contribution >= 0.6 is 0 Å². The maximum atomic E-state index is 11.9. The van der Waals surface area contributed by atoms with Gasteiger partial charge in [-0.3, -0.25) is 0 Å². The van der Waals surface area contributed by atoms with E-state index < -0.39 is 0 Å². The van der Waals surface area contributed by atoms with Crippen LogP contribution in [0.4, 0.5) is 4.79 Å². The predicted molar refractivity (Wildman–Crippen MR) is 63.2 cm³/mol. The van der Waals surface area contributed by atoms with Crippen LogP contribution in [-0.2, 0) is 4.74 Å². The van der Waals surface area contributed by atoms with Gasteiger partial charge in [0.25, 0.3) is 0 Å². The first-order chi connectivity index (χ1) is 7.24. The first-order valence-corrected chi connectivity index (χ1v) is 6.22. The van der Waals surface area contributed by atoms with Crippen molar-refractivity contribution in [2.45, 2.75) is 46.6 Å². The van der Waals surface area contributed by atoms with Gasteiger partial charge in [0.15, 0.2) is 0 Å². The SMILES string of the molecule is CC(C)[C@]12C[C@H]1CN(C(=O)OC(C)(C)C)C2. The van der Waals surface area contributed by atoms with Crippen LogP contribution in [0.5, 0.6) is 0 Å². The zero-order valence-corrected chi connectivity index (χ0v) is 11.0. The summed E-state index contributed by atoms with van der Waals surface area (Å²) in [5.74, 6) is 1.39. The Hall–Kier alpha value is -0.730. The zero-order valence-electron chi connectivity index (χ0n) is 11.0. The predicted octanol–water partition coefficient (Wildman–Crippen LogP) is 2.90. The molecule has 2 rings (SSSR count). The second-order valence-corrected chi connectivity index (χ2v) is 6.65. The number of piperidine rings is 1. The lowest BCUT2D eigenvalue weighted by Gasteiger charge is -2.27. The van der Waals surface area contributed by atoms with Crippen molar-refractivity contribution < 1.29 is 9.53 Å². The molecule has 1 amide bonds. The van der Waals surface area contributed by atoms with Crippen molar-refractivity contribution >= 4 is 6.09 Å². The van der Waals surface area contributed by atoms with E-state index in [4.69, 9.17) is 4.74 Å². The van der Waals surface area contributed by atoms with E-state index in [1.807, 2.05) is 25.7 Å². The molecule has 0 aromatic heterocycles. The van der Waals surface area contributed by atoms with Crippen LogP contribution in [0, 0.1) is 17.3 Å². The standard InChI is InChI=1S/C13H23NO2/c1-9(2)13-6-10(13)7-14(8-13)11(15)16-12(3,4)5/h9-10H,6-8H2,1-5H3/t10-,13+/m0/s1. The van der Waals surface area contributed by atoms with Crippen molar-refractivity contribution in [1.82, 2.24) is 4.90 Å². The van der Waals surface area contributed by atoms with Gasteiger partial charge in [0.1, 0.15) is 5.60 Å². The lowest BCUT2D eigenvalue weighted by molar-refractivity contribution is 0.0254. The second-order valence-electron chi connectivity index (χ2n) is 6.65. The molecule has 0 N–H and O–H groups in total. The quantitative estimate of drug-likeness (QED) is 0.686. The molecule has 1 saturated heterocycles. The molecule has 2 atom stereocenters. The zero-order chi connectivity index (χ0) is 12.1. The molecule has 0 aromatic carbocycles. The molecule has 0 spiro atoms. The molecule has 0 bridgehead atoms. The van der Waals surface area contributed by atoms with Gasteiger partial charge in [-0.05, 0) is 44.4 Å². The van der Waals surface area contributed by atoms with Gasteiger partial charge in [-0.15, -0.1) is 0 Å². The highest BCUT2D eigenvalue weighted by molar-refractivity contribution is 5.69. The van der Waals surface area contributed by atoms with E-state index in [2.05, 4.69) is 13.8 Å². The first-order valence-electron chi connectivity index (χ1n) is 6.22. The maximum absolute atomic E-state index is 11.9. The summed E-state index contributed by atoms with van der Waals surface area (Å²) in [5, 5.41) is 0. The Kier molecular flexibility index (Phi) is 2.48. The summed E-state index contributed by atoms with van der Waals surface area (Å²) in [5.41, 5.74) is 0.0335. The van der Waals surface area contributed by atoms with Crippen LogP contribution < -0.4 is 0 Å². The van der Waals surface area contributed by atoms with Crippen LogP contribution in [0.2, 0.25) is 0 Å². The van der Waals surface area contributed by atoms with E-state index in [0.717, 1.165) is 19.0 Å². The number of likely N-dealkylation sites (tertiary alicyclic amines) is 1. The molecule has 0 aromatic rings. The first kappa shape index (κ1) is 11.7. The summed E-state index contributed by atoms with van der Waals surface area (Å²) in [6.07, 6.45) is 1.16. The van der Waals surface area contributed by atoms with E-state index in [1.54, 1.807) is 0 Å². The third-order valence-corrected chi connectivity index (χ3v) is 4.01. The van der Waals surface area contributed by atoms with E-state index in [-0.39, 0.29) is 11.7 Å². The van der Waals surface area contributed by atoms with Gasteiger partial charge >= 0.3 is 6.09 Å². The largest absolute Gasteiger partial charge is 0.444 e. The van der Waals surface area contributed by atoms with E-state index in [1.165, 1.54) is 6.42 Å². The minimum Gasteiger partial charge on any atom is -0.444 e. The average molecular weight is 225 g/mol. The van der Waals surface area contributed by atoms with E-state index in [9.17, 15) is 4.79 Å². The Morgan fingerprint density at radius 1 is 1.44 bits per heavy atom. The molecule has 0 unspecified atom stereocenters. The maximum Gasteiger partial charge on any atom is 0.410 e. The Balaban J connectivity index is 1.93. The molecule has 3 heteroatoms. The molecule has 16 heavy (non-hydrogen) atoms. The number of ether oxygens (including phenoxy) is 1. The fourth-order valence-corrected chi connectivity index (χ4v) is 2.88. The normalized spacial score (nSPS) is 32.9. The molecule has 92 valence electrons. The van der Waals surface area contributed by atoms with Crippen LogP contribution in [0.1, 0.15) is 41.0 Å². The Bertz CT molecular complexity index is 306. The third kappa shape index (κ3) is 1.92. The third-order valence-electron chi connectivity index (χ3n) is 4.01. The highest BCUT2D eigenvalue weighted by Crippen LogP contribution is 2.62. The minimum atomic E-state index is -0.380. The fourth-order valence-electron chi connectivity index (χ4n) is 2.88. The van der Waals surface area contributed by atoms with Crippen molar-refractivity contribution in [1.29, 1.82) is 0 Å². The number of carbonyl (C=O) groups is 1. The van der Waals surface area contributed by atoms with Crippen LogP contribution in [0.25, 0.3) is 0 Å². The fraction of sp³-hybridized carbons (Fsp3) is 0.923. The van der Waals surface area contributed by atoms with Gasteiger partial charge in [-0.25, -0.2) is 4.79 Å². The number of rotatable bonds is 1. The van der Waals surface area contributed by atoms with Crippen molar-refractivity contribution in [3.05, 3.63) is 0 Å². The summed E-state index contributed by atoms with van der Waals surface area (Å²) in [6.45, 7) is 12.1. The number of fused-ring (bicyclic) bond motifs is 1. The Morgan fingerprint density at radius 3 is 2.50 bits per heavy atom. The lowest BCUT2D eigenvalue weighted by atomic mass is 9.92. The van der Waals surface area contributed by atoms with Gasteiger partial charge in [-0.1, -0.05) is 13.8 Å². The second kappa shape index (κ2) is 3.38. The minimum absolute atomic E-state index is 0.139. The van der Waals surface area contributed by atoms with Gasteiger partial charge in [0, 0.05) is 13.1 Å². The molecular weight excluding hydrogens is 202 g/mol. The molecule has 1 saturated carbocycles. The van der Waals surface area contributed by atoms with Gasteiger partial charge in [-0.2, -0.15) is 0 Å². The summed E-state index contributed by atoms with van der Waals surface area (Å²) >= 11 is 0. The number of amides is 1. The van der Waals surface area contributed by atoms with Crippen LogP contribution in [0.3, 0.4) is 0 Å². The molecule has 1 aliphatic heterocycles. The number of nitrogens with zero attached hydrogens (tertiary/aromatic N) is 1. The van der Waals surface area contributed by atoms with Crippen molar-refractivity contribution in [2.75, 3.05) is 13.1 Å². The summed E-state index contributed by atoms with van der Waals surface area (Å²) in [7, 11) is 0. The van der Waals surface area contributed by atoms with Crippen LogP contribution in [-0.4, -0.2) is 29.7 Å². The van der Waals surface area contributed by atoms with Gasteiger partial charge in [0.2, 0.25) is 0 Å². The van der Waals surface area contributed by atoms with Crippen molar-refractivity contribution in [3.63, 3.8) is 0 Å². The molecule has 1 heterocycles. The van der Waals surface area contributed by atoms with Crippen molar-refractivity contribution in [3.8, 4) is 0 Å². The van der Waals surface area contributed by atoms with Gasteiger partial charge in [0.05, 0.1) is 0 Å². The van der Waals surface area contributed by atoms with E-state index in [0.29, 0.717) is 11.3 Å². The summed E-state index contributed by atoms with van der Waals surface area (Å²) in [4.78, 5) is 13.8. The molecular formula is C13H23NO2. The van der Waals surface area contributed by atoms with Gasteiger partial charge < -0.3 is 9.64 Å². The summed E-state index contributed by atoms with van der Waals surface area (Å²) in [6, 6.07) is 0. The van der Waals surface area contributed by atoms with Crippen LogP contribution in [0.15, 0.2) is 0 Å². The number of hydrogen-bond acceptors (Lipinski definition) is 2.